The molecule has 1 aliphatic carbocycles. The molecule has 34 heavy (non-hydrogen) atoms. The van der Waals surface area contributed by atoms with E-state index in [1.54, 1.807) is 19.2 Å². The van der Waals surface area contributed by atoms with E-state index in [1.165, 1.54) is 25.3 Å². The van der Waals surface area contributed by atoms with Crippen molar-refractivity contribution >= 4 is 16.8 Å². The quantitative estimate of drug-likeness (QED) is 0.498. The van der Waals surface area contributed by atoms with Gasteiger partial charge < -0.3 is 20.2 Å². The Labute approximate surface area is 199 Å². The number of ether oxygens (including phenoxy) is 2. The third-order valence-electron chi connectivity index (χ3n) is 7.37. The number of aryl methyl sites for hydroxylation is 1. The third-order valence-corrected chi connectivity index (χ3v) is 7.37. The van der Waals surface area contributed by atoms with Crippen molar-refractivity contribution in [3.63, 3.8) is 0 Å². The summed E-state index contributed by atoms with van der Waals surface area (Å²) in [6.45, 7) is 1.54. The van der Waals surface area contributed by atoms with E-state index in [1.807, 2.05) is 18.3 Å². The molecule has 2 heterocycles. The lowest BCUT2D eigenvalue weighted by Crippen LogP contribution is -2.51. The number of fused-ring (bicyclic) bond motifs is 2. The van der Waals surface area contributed by atoms with Gasteiger partial charge in [0.2, 0.25) is 5.91 Å². The average molecular weight is 466 g/mol. The lowest BCUT2D eigenvalue weighted by Gasteiger charge is -2.44. The number of halogens is 1. The molecule has 0 bridgehead atoms. The summed E-state index contributed by atoms with van der Waals surface area (Å²) in [7, 11) is 1.63. The van der Waals surface area contributed by atoms with E-state index < -0.39 is 0 Å². The molecule has 7 heteroatoms. The van der Waals surface area contributed by atoms with Crippen LogP contribution in [0.1, 0.15) is 42.4 Å². The van der Waals surface area contributed by atoms with Gasteiger partial charge in [-0.05, 0) is 74.0 Å². The highest BCUT2D eigenvalue weighted by atomic mass is 19.1. The molecule has 2 aromatic carbocycles. The predicted octanol–water partition coefficient (Wildman–Crippen LogP) is 4.13. The van der Waals surface area contributed by atoms with Crippen LogP contribution in [0.2, 0.25) is 0 Å². The number of methoxy groups -OCH3 is 1. The Kier molecular flexibility index (Phi) is 6.46. The second kappa shape index (κ2) is 9.66. The monoisotopic (exact) mass is 465 g/mol. The first-order valence-corrected chi connectivity index (χ1v) is 12.1. The number of nitrogens with two attached hydrogens (primary N) is 1. The van der Waals surface area contributed by atoms with Crippen molar-refractivity contribution in [2.75, 3.05) is 20.3 Å². The molecular weight excluding hydrogens is 433 g/mol. The predicted molar refractivity (Wildman–Crippen MR) is 130 cm³/mol. The zero-order chi connectivity index (χ0) is 23.7. The lowest BCUT2D eigenvalue weighted by atomic mass is 9.87. The molecule has 1 aliphatic heterocycles. The number of H-pyrrole nitrogens is 1. The largest absolute Gasteiger partial charge is 0.493 e. The Hall–Kier alpha value is -3.06. The minimum Gasteiger partial charge on any atom is -0.493 e. The highest BCUT2D eigenvalue weighted by Gasteiger charge is 2.35. The van der Waals surface area contributed by atoms with Gasteiger partial charge in [0.15, 0.2) is 11.5 Å². The van der Waals surface area contributed by atoms with E-state index in [0.29, 0.717) is 18.4 Å². The van der Waals surface area contributed by atoms with Crippen LogP contribution in [0.4, 0.5) is 4.39 Å². The zero-order valence-electron chi connectivity index (χ0n) is 19.6. The Morgan fingerprint density at radius 3 is 2.82 bits per heavy atom. The average Bonchev–Trinajstić information content (AvgIpc) is 3.19. The second-order valence-corrected chi connectivity index (χ2v) is 9.48. The van der Waals surface area contributed by atoms with E-state index in [-0.39, 0.29) is 24.2 Å². The van der Waals surface area contributed by atoms with Crippen LogP contribution in [0, 0.1) is 5.82 Å². The number of rotatable bonds is 9. The molecule has 1 aromatic heterocycles. The number of nitrogens with one attached hydrogen (secondary N) is 1. The van der Waals surface area contributed by atoms with Crippen molar-refractivity contribution in [2.24, 2.45) is 5.73 Å². The number of carbonyl (C=O) groups excluding carboxylic acids is 1. The fourth-order valence-corrected chi connectivity index (χ4v) is 5.42. The maximum atomic E-state index is 13.8. The molecule has 180 valence electrons. The molecule has 1 atom stereocenters. The molecular formula is C27H32FN3O3. The van der Waals surface area contributed by atoms with E-state index in [4.69, 9.17) is 15.2 Å². The van der Waals surface area contributed by atoms with Gasteiger partial charge in [0.25, 0.3) is 0 Å². The molecule has 3 aromatic rings. The van der Waals surface area contributed by atoms with Crippen molar-refractivity contribution in [3.05, 3.63) is 59.0 Å². The topological polar surface area (TPSA) is 80.6 Å². The summed E-state index contributed by atoms with van der Waals surface area (Å²) in [6.07, 6.45) is 8.54. The third kappa shape index (κ3) is 4.49. The first-order valence-electron chi connectivity index (χ1n) is 12.1. The lowest BCUT2D eigenvalue weighted by molar-refractivity contribution is -0.117. The molecule has 1 fully saturated rings. The van der Waals surface area contributed by atoms with Crippen molar-refractivity contribution in [2.45, 2.75) is 57.0 Å². The van der Waals surface area contributed by atoms with Gasteiger partial charge >= 0.3 is 0 Å². The maximum Gasteiger partial charge on any atom is 0.221 e. The number of aromatic nitrogens is 1. The number of benzene rings is 2. The first-order chi connectivity index (χ1) is 16.5. The number of aromatic amines is 1. The molecule has 0 saturated heterocycles. The fraction of sp³-hybridized carbons (Fsp3) is 0.444. The smallest absolute Gasteiger partial charge is 0.221 e. The Morgan fingerprint density at radius 1 is 1.24 bits per heavy atom. The van der Waals surface area contributed by atoms with Gasteiger partial charge in [0, 0.05) is 34.7 Å². The SMILES string of the molecule is COc1ccc(CC(N)=O)c2c1OCC(N(CCCc1c[nH]c3ccc(F)cc13)C1CCC1)C2. The number of amides is 1. The van der Waals surface area contributed by atoms with Crippen molar-refractivity contribution in [3.8, 4) is 11.5 Å². The van der Waals surface area contributed by atoms with Gasteiger partial charge in [-0.15, -0.1) is 0 Å². The number of nitrogens with zero attached hydrogens (tertiary/aromatic N) is 1. The summed E-state index contributed by atoms with van der Waals surface area (Å²) < 4.78 is 25.5. The van der Waals surface area contributed by atoms with Crippen molar-refractivity contribution in [1.29, 1.82) is 0 Å². The molecule has 1 saturated carbocycles. The van der Waals surface area contributed by atoms with Crippen LogP contribution in [0.3, 0.4) is 0 Å². The summed E-state index contributed by atoms with van der Waals surface area (Å²) in [4.78, 5) is 17.5. The fourth-order valence-electron chi connectivity index (χ4n) is 5.42. The number of primary amides is 1. The van der Waals surface area contributed by atoms with Crippen LogP contribution >= 0.6 is 0 Å². The Bertz CT molecular complexity index is 1190. The molecule has 1 amide bonds. The molecule has 1 unspecified atom stereocenters. The summed E-state index contributed by atoms with van der Waals surface area (Å²) in [5, 5.41) is 0.966. The molecule has 0 spiro atoms. The van der Waals surface area contributed by atoms with Gasteiger partial charge in [-0.1, -0.05) is 12.5 Å². The Morgan fingerprint density at radius 2 is 2.09 bits per heavy atom. The molecule has 2 aliphatic rings. The van der Waals surface area contributed by atoms with Gasteiger partial charge in [-0.3, -0.25) is 9.69 Å². The minimum absolute atomic E-state index is 0.197. The number of carbonyl (C=O) groups is 1. The highest BCUT2D eigenvalue weighted by Crippen LogP contribution is 2.39. The molecule has 5 rings (SSSR count). The van der Waals surface area contributed by atoms with Crippen molar-refractivity contribution < 1.29 is 18.7 Å². The molecule has 0 radical (unpaired) electrons. The van der Waals surface area contributed by atoms with Crippen LogP contribution < -0.4 is 15.2 Å². The molecule has 6 nitrogen and oxygen atoms in total. The molecule has 3 N–H and O–H groups in total. The minimum atomic E-state index is -0.347. The van der Waals surface area contributed by atoms with Crippen LogP contribution in [-0.2, 0) is 24.1 Å². The first kappa shape index (κ1) is 22.7. The van der Waals surface area contributed by atoms with Crippen LogP contribution in [0.5, 0.6) is 11.5 Å². The van der Waals surface area contributed by atoms with E-state index >= 15 is 0 Å². The van der Waals surface area contributed by atoms with E-state index in [9.17, 15) is 9.18 Å². The Balaban J connectivity index is 1.32. The van der Waals surface area contributed by atoms with Gasteiger partial charge in [0.05, 0.1) is 13.5 Å². The van der Waals surface area contributed by atoms with E-state index in [0.717, 1.165) is 59.2 Å². The standard InChI is InChI=1S/C27H32FN3O3/c1-33-25-10-7-17(12-26(29)32)23-14-21(16-34-27(23)25)31(20-5-2-6-20)11-3-4-18-15-30-24-9-8-19(28)13-22(18)24/h7-10,13,15,20-21,30H,2-6,11-12,14,16H2,1H3,(H2,29,32). The summed E-state index contributed by atoms with van der Waals surface area (Å²) >= 11 is 0. The van der Waals surface area contributed by atoms with Gasteiger partial charge in [0.1, 0.15) is 12.4 Å². The summed E-state index contributed by atoms with van der Waals surface area (Å²) in [5.41, 5.74) is 9.59. The normalized spacial score (nSPS) is 17.9. The maximum absolute atomic E-state index is 13.8. The zero-order valence-corrected chi connectivity index (χ0v) is 19.6. The van der Waals surface area contributed by atoms with Gasteiger partial charge in [-0.25, -0.2) is 4.39 Å². The van der Waals surface area contributed by atoms with Crippen LogP contribution in [0.15, 0.2) is 36.5 Å². The van der Waals surface area contributed by atoms with Crippen molar-refractivity contribution in [1.82, 2.24) is 9.88 Å². The van der Waals surface area contributed by atoms with Crippen LogP contribution in [-0.4, -0.2) is 48.1 Å². The van der Waals surface area contributed by atoms with Crippen LogP contribution in [0.25, 0.3) is 10.9 Å². The summed E-state index contributed by atoms with van der Waals surface area (Å²) in [6, 6.07) is 9.47. The number of hydrogen-bond acceptors (Lipinski definition) is 4. The second-order valence-electron chi connectivity index (χ2n) is 9.48. The number of hydrogen-bond donors (Lipinski definition) is 2. The van der Waals surface area contributed by atoms with Gasteiger partial charge in [-0.2, -0.15) is 0 Å². The summed E-state index contributed by atoms with van der Waals surface area (Å²) in [5.74, 6) is 0.889. The van der Waals surface area contributed by atoms with E-state index in [2.05, 4.69) is 9.88 Å². The highest BCUT2D eigenvalue weighted by molar-refractivity contribution is 5.83.